The highest BCUT2D eigenvalue weighted by Gasteiger charge is 2.30. The van der Waals surface area contributed by atoms with Gasteiger partial charge in [0.25, 0.3) is 5.91 Å². The first kappa shape index (κ1) is 20.2. The summed E-state index contributed by atoms with van der Waals surface area (Å²) in [7, 11) is 0. The predicted octanol–water partition coefficient (Wildman–Crippen LogP) is 2.48. The van der Waals surface area contributed by atoms with Crippen LogP contribution in [-0.4, -0.2) is 24.0 Å². The van der Waals surface area contributed by atoms with Crippen LogP contribution in [-0.2, 0) is 20.5 Å². The van der Waals surface area contributed by atoms with Crippen LogP contribution in [0.15, 0.2) is 30.3 Å². The van der Waals surface area contributed by atoms with Crippen LogP contribution in [0.1, 0.15) is 25.0 Å². The van der Waals surface area contributed by atoms with E-state index in [2.05, 4.69) is 0 Å². The van der Waals surface area contributed by atoms with E-state index in [0.29, 0.717) is 5.56 Å². The normalized spacial score (nSPS) is 12.9. The molecule has 1 rings (SSSR count). The van der Waals surface area contributed by atoms with E-state index in [1.54, 1.807) is 13.8 Å². The number of imide groups is 1. The number of primary amides is 1. The number of carbonyl (C=O) groups is 3. The highest BCUT2D eigenvalue weighted by atomic mass is 19.4. The van der Waals surface area contributed by atoms with Gasteiger partial charge in [-0.2, -0.15) is 13.2 Å². The summed E-state index contributed by atoms with van der Waals surface area (Å²) in [5, 5.41) is 1.82. The minimum atomic E-state index is -4.44. The molecule has 3 N–H and O–H groups in total. The Balaban J connectivity index is 2.75. The van der Waals surface area contributed by atoms with Crippen molar-refractivity contribution in [1.82, 2.24) is 5.32 Å². The molecule has 0 aliphatic rings. The fraction of sp³-hybridized carbons (Fsp3) is 0.312. The number of nitrogens with one attached hydrogen (secondary N) is 1. The van der Waals surface area contributed by atoms with Crippen LogP contribution in [0.5, 0.6) is 0 Å². The number of nitrogens with two attached hydrogens (primary N) is 1. The maximum atomic E-state index is 12.5. The quantitative estimate of drug-likeness (QED) is 0.624. The number of carbonyl (C=O) groups excluding carboxylic acids is 3. The third kappa shape index (κ3) is 6.66. The third-order valence-corrected chi connectivity index (χ3v) is 3.00. The lowest BCUT2D eigenvalue weighted by Gasteiger charge is -2.18. The summed E-state index contributed by atoms with van der Waals surface area (Å²) in [6.45, 7) is 3.19. The van der Waals surface area contributed by atoms with Crippen molar-refractivity contribution >= 4 is 24.0 Å². The molecule has 0 aliphatic heterocycles. The number of hydrogen-bond donors (Lipinski definition) is 2. The first-order valence-electron chi connectivity index (χ1n) is 7.17. The lowest BCUT2D eigenvalue weighted by atomic mass is 10.1. The molecule has 25 heavy (non-hydrogen) atoms. The summed E-state index contributed by atoms with van der Waals surface area (Å²) in [6, 6.07) is 3.05. The highest BCUT2D eigenvalue weighted by Crippen LogP contribution is 2.29. The fourth-order valence-corrected chi connectivity index (χ4v) is 1.80. The molecule has 0 saturated heterocycles. The summed E-state index contributed by atoms with van der Waals surface area (Å²) in [6.07, 6.45) is -3.47. The van der Waals surface area contributed by atoms with Crippen molar-refractivity contribution in [2.75, 3.05) is 0 Å². The number of alkyl halides is 3. The lowest BCUT2D eigenvalue weighted by molar-refractivity contribution is -0.153. The van der Waals surface area contributed by atoms with Gasteiger partial charge >= 0.3 is 18.2 Å². The number of ether oxygens (including phenoxy) is 1. The van der Waals surface area contributed by atoms with E-state index in [9.17, 15) is 27.6 Å². The molecule has 3 amide bonds. The van der Waals surface area contributed by atoms with Gasteiger partial charge in [0.05, 0.1) is 5.56 Å². The van der Waals surface area contributed by atoms with E-state index in [1.165, 1.54) is 18.2 Å². The van der Waals surface area contributed by atoms with Crippen LogP contribution in [0.25, 0.3) is 6.08 Å². The second-order valence-electron chi connectivity index (χ2n) is 5.41. The molecule has 0 aromatic heterocycles. The number of esters is 1. The summed E-state index contributed by atoms with van der Waals surface area (Å²) in [5.41, 5.74) is 4.36. The number of rotatable bonds is 5. The Bertz CT molecular complexity index is 667. The SMILES string of the molecule is CC(C)[C@@H](OC(=O)/C=C/c1ccc(C(F)(F)F)cc1)C(=O)NC(N)=O. The number of halogens is 3. The summed E-state index contributed by atoms with van der Waals surface area (Å²) < 4.78 is 42.3. The second-order valence-corrected chi connectivity index (χ2v) is 5.41. The average molecular weight is 358 g/mol. The molecule has 0 fully saturated rings. The number of hydrogen-bond acceptors (Lipinski definition) is 4. The van der Waals surface area contributed by atoms with E-state index >= 15 is 0 Å². The molecule has 0 bridgehead atoms. The van der Waals surface area contributed by atoms with Crippen molar-refractivity contribution in [3.63, 3.8) is 0 Å². The summed E-state index contributed by atoms with van der Waals surface area (Å²) in [4.78, 5) is 34.2. The molecule has 9 heteroatoms. The van der Waals surface area contributed by atoms with Crippen molar-refractivity contribution < 1.29 is 32.3 Å². The van der Waals surface area contributed by atoms with Gasteiger partial charge in [0.2, 0.25) is 0 Å². The zero-order valence-corrected chi connectivity index (χ0v) is 13.5. The molecule has 136 valence electrons. The van der Waals surface area contributed by atoms with Gasteiger partial charge in [-0.1, -0.05) is 26.0 Å². The monoisotopic (exact) mass is 358 g/mol. The average Bonchev–Trinajstić information content (AvgIpc) is 2.49. The van der Waals surface area contributed by atoms with Gasteiger partial charge in [-0.05, 0) is 29.7 Å². The van der Waals surface area contributed by atoms with Gasteiger partial charge in [0.1, 0.15) is 0 Å². The van der Waals surface area contributed by atoms with Crippen LogP contribution in [0.4, 0.5) is 18.0 Å². The Morgan fingerprint density at radius 3 is 2.16 bits per heavy atom. The van der Waals surface area contributed by atoms with Crippen molar-refractivity contribution in [3.05, 3.63) is 41.5 Å². The predicted molar refractivity (Wildman–Crippen MR) is 82.9 cm³/mol. The van der Waals surface area contributed by atoms with Crippen molar-refractivity contribution in [1.29, 1.82) is 0 Å². The molecule has 0 heterocycles. The molecule has 0 spiro atoms. The zero-order valence-electron chi connectivity index (χ0n) is 13.5. The van der Waals surface area contributed by atoms with E-state index in [1.807, 2.05) is 5.32 Å². The number of urea groups is 1. The first-order chi connectivity index (χ1) is 11.5. The van der Waals surface area contributed by atoms with Crippen LogP contribution < -0.4 is 11.1 Å². The van der Waals surface area contributed by atoms with Crippen LogP contribution in [0, 0.1) is 5.92 Å². The van der Waals surface area contributed by atoms with Crippen molar-refractivity contribution in [2.24, 2.45) is 11.7 Å². The number of amides is 3. The van der Waals surface area contributed by atoms with Gasteiger partial charge in [-0.15, -0.1) is 0 Å². The molecule has 0 unspecified atom stereocenters. The van der Waals surface area contributed by atoms with Gasteiger partial charge in [0.15, 0.2) is 6.10 Å². The summed E-state index contributed by atoms with van der Waals surface area (Å²) in [5.74, 6) is -2.18. The molecule has 1 aromatic carbocycles. The minimum absolute atomic E-state index is 0.340. The van der Waals surface area contributed by atoms with Gasteiger partial charge < -0.3 is 10.5 Å². The smallest absolute Gasteiger partial charge is 0.416 e. The Hall–Kier alpha value is -2.84. The highest BCUT2D eigenvalue weighted by molar-refractivity contribution is 5.97. The van der Waals surface area contributed by atoms with Crippen LogP contribution in [0.2, 0.25) is 0 Å². The first-order valence-corrected chi connectivity index (χ1v) is 7.17. The maximum Gasteiger partial charge on any atom is 0.416 e. The second kappa shape index (κ2) is 8.32. The zero-order chi connectivity index (χ0) is 19.2. The molecule has 0 aliphatic carbocycles. The summed E-state index contributed by atoms with van der Waals surface area (Å²) >= 11 is 0. The molecule has 0 radical (unpaired) electrons. The molecule has 0 saturated carbocycles. The Morgan fingerprint density at radius 2 is 1.72 bits per heavy atom. The maximum absolute atomic E-state index is 12.5. The molecular weight excluding hydrogens is 341 g/mol. The largest absolute Gasteiger partial charge is 0.449 e. The van der Waals surface area contributed by atoms with E-state index in [4.69, 9.17) is 10.5 Å². The molecule has 6 nitrogen and oxygen atoms in total. The van der Waals surface area contributed by atoms with E-state index in [-0.39, 0.29) is 0 Å². The standard InChI is InChI=1S/C16H17F3N2O4/c1-9(2)13(14(23)21-15(20)24)25-12(22)8-5-10-3-6-11(7-4-10)16(17,18)19/h3-9,13H,1-2H3,(H3,20,21,23,24)/b8-5+/t13-/m1/s1. The van der Waals surface area contributed by atoms with E-state index < -0.39 is 41.7 Å². The topological polar surface area (TPSA) is 98.5 Å². The van der Waals surface area contributed by atoms with Gasteiger partial charge in [-0.25, -0.2) is 9.59 Å². The fourth-order valence-electron chi connectivity index (χ4n) is 1.80. The van der Waals surface area contributed by atoms with Gasteiger partial charge in [0, 0.05) is 6.08 Å². The Labute approximate surface area is 141 Å². The number of benzene rings is 1. The van der Waals surface area contributed by atoms with Crippen molar-refractivity contribution in [3.8, 4) is 0 Å². The minimum Gasteiger partial charge on any atom is -0.449 e. The lowest BCUT2D eigenvalue weighted by Crippen LogP contribution is -2.45. The van der Waals surface area contributed by atoms with Crippen molar-refractivity contribution in [2.45, 2.75) is 26.1 Å². The Morgan fingerprint density at radius 1 is 1.16 bits per heavy atom. The Kier molecular flexibility index (Phi) is 6.72. The molecular formula is C16H17F3N2O4. The van der Waals surface area contributed by atoms with Crippen LogP contribution in [0.3, 0.4) is 0 Å². The van der Waals surface area contributed by atoms with Crippen LogP contribution >= 0.6 is 0 Å². The molecule has 1 aromatic rings. The van der Waals surface area contributed by atoms with Gasteiger partial charge in [-0.3, -0.25) is 10.1 Å². The van der Waals surface area contributed by atoms with E-state index in [0.717, 1.165) is 18.2 Å². The third-order valence-electron chi connectivity index (χ3n) is 3.00. The molecule has 1 atom stereocenters.